The zero-order chi connectivity index (χ0) is 12.3. The Morgan fingerprint density at radius 2 is 2.12 bits per heavy atom. The predicted octanol–water partition coefficient (Wildman–Crippen LogP) is 0.819. The number of aldehydes is 1. The average molecular weight is 235 g/mol. The highest BCUT2D eigenvalue weighted by Gasteiger charge is 2.35. The third-order valence-electron chi connectivity index (χ3n) is 2.66. The van der Waals surface area contributed by atoms with Crippen LogP contribution in [0.4, 0.5) is 4.79 Å². The lowest BCUT2D eigenvalue weighted by Gasteiger charge is -2.19. The maximum Gasteiger partial charge on any atom is 0.415 e. The summed E-state index contributed by atoms with van der Waals surface area (Å²) in [6.07, 6.45) is -0.339. The summed E-state index contributed by atoms with van der Waals surface area (Å²) in [6.45, 7) is 0.134. The molecular weight excluding hydrogens is 222 g/mol. The van der Waals surface area contributed by atoms with Gasteiger partial charge in [0.15, 0.2) is 0 Å². The maximum absolute atomic E-state index is 11.8. The summed E-state index contributed by atoms with van der Waals surface area (Å²) in [4.78, 5) is 23.8. The number of amides is 1. The number of nitrogens with zero attached hydrogens (tertiary/aromatic N) is 1. The van der Waals surface area contributed by atoms with Crippen LogP contribution in [0.25, 0.3) is 0 Å². The summed E-state index contributed by atoms with van der Waals surface area (Å²) in [5, 5.41) is 9.41. The van der Waals surface area contributed by atoms with Gasteiger partial charge >= 0.3 is 6.09 Å². The third-order valence-corrected chi connectivity index (χ3v) is 2.66. The number of aliphatic hydroxyl groups excluding tert-OH is 1. The number of carbonyl (C=O) groups is 2. The molecule has 2 atom stereocenters. The molecule has 2 rings (SSSR count). The van der Waals surface area contributed by atoms with E-state index in [2.05, 4.69) is 0 Å². The standard InChI is InChI=1S/C12H13NO4/c14-8-9-6-10(15)7-13(9)12(16)17-11-4-2-1-3-5-11/h1-5,8-10,15H,6-7H2/t9-,10?/m0/s1. The van der Waals surface area contributed by atoms with Crippen LogP contribution in [0.1, 0.15) is 6.42 Å². The monoisotopic (exact) mass is 235 g/mol. The van der Waals surface area contributed by atoms with Gasteiger partial charge in [0.1, 0.15) is 12.0 Å². The first-order chi connectivity index (χ1) is 8.20. The lowest BCUT2D eigenvalue weighted by atomic mass is 10.2. The van der Waals surface area contributed by atoms with Crippen molar-refractivity contribution in [1.82, 2.24) is 4.90 Å². The van der Waals surface area contributed by atoms with E-state index in [0.717, 1.165) is 0 Å². The molecular formula is C12H13NO4. The molecule has 0 radical (unpaired) electrons. The molecule has 1 amide bonds. The van der Waals surface area contributed by atoms with Gasteiger partial charge in [0.2, 0.25) is 0 Å². The molecule has 1 heterocycles. The van der Waals surface area contributed by atoms with E-state index in [-0.39, 0.29) is 13.0 Å². The third kappa shape index (κ3) is 2.62. The fraction of sp³-hybridized carbons (Fsp3) is 0.333. The summed E-state index contributed by atoms with van der Waals surface area (Å²) in [5.41, 5.74) is 0. The van der Waals surface area contributed by atoms with Crippen molar-refractivity contribution < 1.29 is 19.4 Å². The van der Waals surface area contributed by atoms with Crippen molar-refractivity contribution in [3.63, 3.8) is 0 Å². The van der Waals surface area contributed by atoms with Crippen molar-refractivity contribution in [2.45, 2.75) is 18.6 Å². The van der Waals surface area contributed by atoms with Crippen LogP contribution in [0.2, 0.25) is 0 Å². The van der Waals surface area contributed by atoms with Gasteiger partial charge in [-0.25, -0.2) is 4.79 Å². The number of likely N-dealkylation sites (tertiary alicyclic amines) is 1. The normalized spacial score (nSPS) is 23.5. The van der Waals surface area contributed by atoms with Gasteiger partial charge in [-0.3, -0.25) is 4.90 Å². The fourth-order valence-electron chi connectivity index (χ4n) is 1.83. The van der Waals surface area contributed by atoms with E-state index in [4.69, 9.17) is 4.74 Å². The van der Waals surface area contributed by atoms with Gasteiger partial charge in [0.05, 0.1) is 18.7 Å². The van der Waals surface area contributed by atoms with Crippen molar-refractivity contribution in [3.05, 3.63) is 30.3 Å². The number of carbonyl (C=O) groups excluding carboxylic acids is 2. The zero-order valence-electron chi connectivity index (χ0n) is 9.15. The van der Waals surface area contributed by atoms with E-state index in [9.17, 15) is 14.7 Å². The van der Waals surface area contributed by atoms with Gasteiger partial charge in [0, 0.05) is 6.42 Å². The van der Waals surface area contributed by atoms with Crippen LogP contribution >= 0.6 is 0 Å². The van der Waals surface area contributed by atoms with Crippen LogP contribution in [0.15, 0.2) is 30.3 Å². The molecule has 1 aliphatic rings. The molecule has 0 aliphatic carbocycles. The summed E-state index contributed by atoms with van der Waals surface area (Å²) in [7, 11) is 0. The molecule has 0 bridgehead atoms. The van der Waals surface area contributed by atoms with E-state index in [1.165, 1.54) is 4.90 Å². The molecule has 1 saturated heterocycles. The number of ether oxygens (including phenoxy) is 1. The molecule has 0 saturated carbocycles. The molecule has 0 spiro atoms. The van der Waals surface area contributed by atoms with E-state index in [1.807, 2.05) is 6.07 Å². The van der Waals surface area contributed by atoms with Crippen LogP contribution in [0.3, 0.4) is 0 Å². The second-order valence-electron chi connectivity index (χ2n) is 3.93. The van der Waals surface area contributed by atoms with Crippen LogP contribution in [-0.4, -0.2) is 41.1 Å². The average Bonchev–Trinajstić information content (AvgIpc) is 2.72. The van der Waals surface area contributed by atoms with Crippen LogP contribution in [-0.2, 0) is 4.79 Å². The Morgan fingerprint density at radius 3 is 2.76 bits per heavy atom. The lowest BCUT2D eigenvalue weighted by molar-refractivity contribution is -0.111. The van der Waals surface area contributed by atoms with Gasteiger partial charge in [0.25, 0.3) is 0 Å². The highest BCUT2D eigenvalue weighted by molar-refractivity contribution is 5.76. The second-order valence-corrected chi connectivity index (χ2v) is 3.93. The second kappa shape index (κ2) is 4.97. The molecule has 0 aromatic heterocycles. The molecule has 5 heteroatoms. The van der Waals surface area contributed by atoms with Crippen molar-refractivity contribution in [2.75, 3.05) is 6.54 Å². The minimum atomic E-state index is -0.659. The molecule has 1 unspecified atom stereocenters. The molecule has 5 nitrogen and oxygen atoms in total. The smallest absolute Gasteiger partial charge is 0.410 e. The van der Waals surface area contributed by atoms with Gasteiger partial charge in [-0.05, 0) is 12.1 Å². The topological polar surface area (TPSA) is 66.8 Å². The van der Waals surface area contributed by atoms with Gasteiger partial charge in [-0.1, -0.05) is 18.2 Å². The predicted molar refractivity (Wildman–Crippen MR) is 59.6 cm³/mol. The highest BCUT2D eigenvalue weighted by atomic mass is 16.6. The Morgan fingerprint density at radius 1 is 1.41 bits per heavy atom. The Bertz CT molecular complexity index is 406. The van der Waals surface area contributed by atoms with E-state index < -0.39 is 18.2 Å². The van der Waals surface area contributed by atoms with Crippen molar-refractivity contribution in [3.8, 4) is 5.75 Å². The van der Waals surface area contributed by atoms with Crippen LogP contribution in [0.5, 0.6) is 5.75 Å². The lowest BCUT2D eigenvalue weighted by Crippen LogP contribution is -2.38. The van der Waals surface area contributed by atoms with Crippen molar-refractivity contribution in [2.24, 2.45) is 0 Å². The Kier molecular flexibility index (Phi) is 3.39. The maximum atomic E-state index is 11.8. The molecule has 1 fully saturated rings. The minimum absolute atomic E-state index is 0.134. The SMILES string of the molecule is O=C[C@@H]1CC(O)CN1C(=O)Oc1ccccc1. The van der Waals surface area contributed by atoms with Crippen molar-refractivity contribution >= 4 is 12.4 Å². The van der Waals surface area contributed by atoms with Crippen LogP contribution < -0.4 is 4.74 Å². The first-order valence-corrected chi connectivity index (χ1v) is 5.37. The zero-order valence-corrected chi connectivity index (χ0v) is 9.15. The number of benzene rings is 1. The fourth-order valence-corrected chi connectivity index (χ4v) is 1.83. The van der Waals surface area contributed by atoms with E-state index in [1.54, 1.807) is 24.3 Å². The number of hydrogen-bond donors (Lipinski definition) is 1. The molecule has 1 aromatic carbocycles. The minimum Gasteiger partial charge on any atom is -0.410 e. The Hall–Kier alpha value is -1.88. The van der Waals surface area contributed by atoms with Gasteiger partial charge < -0.3 is 14.6 Å². The van der Waals surface area contributed by atoms with Gasteiger partial charge in [-0.2, -0.15) is 0 Å². The number of rotatable bonds is 2. The first-order valence-electron chi connectivity index (χ1n) is 5.37. The van der Waals surface area contributed by atoms with E-state index >= 15 is 0 Å². The molecule has 1 aromatic rings. The summed E-state index contributed by atoms with van der Waals surface area (Å²) < 4.78 is 5.10. The summed E-state index contributed by atoms with van der Waals surface area (Å²) >= 11 is 0. The highest BCUT2D eigenvalue weighted by Crippen LogP contribution is 2.19. The largest absolute Gasteiger partial charge is 0.415 e. The number of para-hydroxylation sites is 1. The number of β-amino-alcohol motifs (C(OH)–C–C–N with tert-alkyl or cyclic N) is 1. The molecule has 17 heavy (non-hydrogen) atoms. The van der Waals surface area contributed by atoms with Crippen molar-refractivity contribution in [1.29, 1.82) is 0 Å². The van der Waals surface area contributed by atoms with Crippen LogP contribution in [0, 0.1) is 0 Å². The Labute approximate surface area is 98.6 Å². The summed E-state index contributed by atoms with van der Waals surface area (Å²) in [6, 6.07) is 8.02. The number of aliphatic hydroxyl groups is 1. The molecule has 1 N–H and O–H groups in total. The van der Waals surface area contributed by atoms with E-state index in [0.29, 0.717) is 12.0 Å². The molecule has 1 aliphatic heterocycles. The Balaban J connectivity index is 2.03. The van der Waals surface area contributed by atoms with Gasteiger partial charge in [-0.15, -0.1) is 0 Å². The number of hydrogen-bond acceptors (Lipinski definition) is 4. The summed E-state index contributed by atoms with van der Waals surface area (Å²) in [5.74, 6) is 0.420. The molecule has 90 valence electrons. The first kappa shape index (κ1) is 11.6. The quantitative estimate of drug-likeness (QED) is 0.771.